The van der Waals surface area contributed by atoms with Crippen molar-refractivity contribution < 1.29 is 24.7 Å². The molecular weight excluding hydrogens is 460 g/mol. The van der Waals surface area contributed by atoms with Crippen LogP contribution in [0.3, 0.4) is 0 Å². The predicted octanol–water partition coefficient (Wildman–Crippen LogP) is 4.57. The van der Waals surface area contributed by atoms with Crippen molar-refractivity contribution in [1.29, 1.82) is 0 Å². The number of hydrogen-bond donors (Lipinski definition) is 3. The Labute approximate surface area is 200 Å². The lowest BCUT2D eigenvalue weighted by molar-refractivity contribution is -0.386. The molecule has 1 amide bonds. The number of benzene rings is 3. The Morgan fingerprint density at radius 3 is 2.29 bits per heavy atom. The molecule has 3 N–H and O–H groups in total. The highest BCUT2D eigenvalue weighted by atomic mass is 35.5. The lowest BCUT2D eigenvalue weighted by Crippen LogP contribution is -2.30. The molecule has 0 fully saturated rings. The van der Waals surface area contributed by atoms with E-state index in [1.54, 1.807) is 0 Å². The molecule has 0 saturated heterocycles. The molecule has 3 aromatic rings. The summed E-state index contributed by atoms with van der Waals surface area (Å²) < 4.78 is 5.43. The standard InChI is InChI=1S/C25H23ClN2O6/c26-15-9-10-20(22(13-15)28(32)33)24(30)23(29)11-12-27-25(31)34-14-21-18-7-3-1-5-16(18)17-6-2-4-8-19(17)21/h1-10,13,21,23-24,29-30H,11-12,14H2,(H,27,31). The van der Waals surface area contributed by atoms with Gasteiger partial charge < -0.3 is 20.3 Å². The highest BCUT2D eigenvalue weighted by Crippen LogP contribution is 2.44. The fourth-order valence-corrected chi connectivity index (χ4v) is 4.43. The minimum atomic E-state index is -1.51. The maximum atomic E-state index is 12.2. The quantitative estimate of drug-likeness (QED) is 0.319. The van der Waals surface area contributed by atoms with Crippen LogP contribution in [0.5, 0.6) is 0 Å². The van der Waals surface area contributed by atoms with Crippen molar-refractivity contribution >= 4 is 23.4 Å². The number of hydrogen-bond acceptors (Lipinski definition) is 6. The third kappa shape index (κ3) is 4.89. The van der Waals surface area contributed by atoms with Crippen LogP contribution in [0, 0.1) is 10.1 Å². The van der Waals surface area contributed by atoms with Gasteiger partial charge in [-0.05, 0) is 40.8 Å². The molecule has 1 aliphatic carbocycles. The van der Waals surface area contributed by atoms with Gasteiger partial charge in [-0.1, -0.05) is 60.1 Å². The van der Waals surface area contributed by atoms with Crippen LogP contribution in [0.25, 0.3) is 11.1 Å². The van der Waals surface area contributed by atoms with E-state index in [-0.39, 0.29) is 41.8 Å². The maximum absolute atomic E-state index is 12.2. The number of nitro groups is 1. The first-order valence-electron chi connectivity index (χ1n) is 10.8. The number of ether oxygens (including phenoxy) is 1. The van der Waals surface area contributed by atoms with Crippen LogP contribution in [0.4, 0.5) is 10.5 Å². The van der Waals surface area contributed by atoms with E-state index < -0.39 is 23.2 Å². The van der Waals surface area contributed by atoms with E-state index in [1.165, 1.54) is 12.1 Å². The summed E-state index contributed by atoms with van der Waals surface area (Å²) in [5, 5.41) is 34.6. The zero-order valence-corrected chi connectivity index (χ0v) is 18.8. The van der Waals surface area contributed by atoms with E-state index in [0.717, 1.165) is 28.3 Å². The summed E-state index contributed by atoms with van der Waals surface area (Å²) >= 11 is 5.79. The Balaban J connectivity index is 1.30. The molecule has 0 saturated carbocycles. The lowest BCUT2D eigenvalue weighted by Gasteiger charge is -2.19. The minimum absolute atomic E-state index is 0.0102. The third-order valence-electron chi connectivity index (χ3n) is 5.93. The molecule has 4 rings (SSSR count). The summed E-state index contributed by atoms with van der Waals surface area (Å²) in [5.74, 6) is -0.0731. The van der Waals surface area contributed by atoms with Gasteiger partial charge in [-0.25, -0.2) is 4.79 Å². The molecule has 2 unspecified atom stereocenters. The first kappa shape index (κ1) is 23.7. The fraction of sp³-hybridized carbons (Fsp3) is 0.240. The number of nitrogens with zero attached hydrogens (tertiary/aromatic N) is 1. The first-order valence-corrected chi connectivity index (χ1v) is 11.1. The number of nitro benzene ring substituents is 1. The summed E-state index contributed by atoms with van der Waals surface area (Å²) in [4.78, 5) is 22.8. The van der Waals surface area contributed by atoms with Crippen molar-refractivity contribution in [2.75, 3.05) is 13.2 Å². The summed E-state index contributed by atoms with van der Waals surface area (Å²) in [6.45, 7) is 0.165. The van der Waals surface area contributed by atoms with Crippen molar-refractivity contribution in [2.45, 2.75) is 24.5 Å². The van der Waals surface area contributed by atoms with Gasteiger partial charge in [-0.3, -0.25) is 10.1 Å². The number of alkyl carbamates (subject to hydrolysis) is 1. The van der Waals surface area contributed by atoms with E-state index in [1.807, 2.05) is 48.5 Å². The second-order valence-electron chi connectivity index (χ2n) is 8.01. The van der Waals surface area contributed by atoms with E-state index in [0.29, 0.717) is 0 Å². The van der Waals surface area contributed by atoms with Crippen LogP contribution in [0.15, 0.2) is 66.7 Å². The molecule has 3 aromatic carbocycles. The maximum Gasteiger partial charge on any atom is 0.407 e. The van der Waals surface area contributed by atoms with Gasteiger partial charge in [0.25, 0.3) is 5.69 Å². The highest BCUT2D eigenvalue weighted by Gasteiger charge is 2.29. The fourth-order valence-electron chi connectivity index (χ4n) is 4.26. The molecular formula is C25H23ClN2O6. The van der Waals surface area contributed by atoms with Crippen LogP contribution in [-0.2, 0) is 4.74 Å². The second kappa shape index (κ2) is 10.2. The van der Waals surface area contributed by atoms with Crippen molar-refractivity contribution in [3.05, 3.63) is 98.6 Å². The van der Waals surface area contributed by atoms with E-state index in [9.17, 15) is 25.1 Å². The Hall–Kier alpha value is -3.46. The largest absolute Gasteiger partial charge is 0.449 e. The SMILES string of the molecule is O=C(NCCC(O)C(O)c1ccc(Cl)cc1[N+](=O)[O-])OCC1c2ccccc2-c2ccccc21. The van der Waals surface area contributed by atoms with Gasteiger partial charge in [0.2, 0.25) is 0 Å². The molecule has 0 spiro atoms. The van der Waals surface area contributed by atoms with Crippen LogP contribution >= 0.6 is 11.6 Å². The normalized spacial score (nSPS) is 14.1. The smallest absolute Gasteiger partial charge is 0.407 e. The van der Waals surface area contributed by atoms with Gasteiger partial charge in [-0.15, -0.1) is 0 Å². The molecule has 2 atom stereocenters. The number of carbonyl (C=O) groups is 1. The number of rotatable bonds is 8. The van der Waals surface area contributed by atoms with Gasteiger partial charge in [0.05, 0.1) is 16.6 Å². The number of aliphatic hydroxyl groups is 2. The summed E-state index contributed by atoms with van der Waals surface area (Å²) in [6.07, 6.45) is -3.54. The Kier molecular flexibility index (Phi) is 7.12. The third-order valence-corrected chi connectivity index (χ3v) is 6.16. The van der Waals surface area contributed by atoms with Gasteiger partial charge in [0, 0.05) is 23.6 Å². The highest BCUT2D eigenvalue weighted by molar-refractivity contribution is 6.30. The molecule has 0 aromatic heterocycles. The average molecular weight is 483 g/mol. The second-order valence-corrected chi connectivity index (χ2v) is 8.45. The van der Waals surface area contributed by atoms with Crippen molar-refractivity contribution in [1.82, 2.24) is 5.32 Å². The number of amides is 1. The van der Waals surface area contributed by atoms with E-state index in [2.05, 4.69) is 5.32 Å². The molecule has 34 heavy (non-hydrogen) atoms. The molecule has 0 radical (unpaired) electrons. The average Bonchev–Trinajstić information content (AvgIpc) is 3.16. The number of nitrogens with one attached hydrogen (secondary N) is 1. The van der Waals surface area contributed by atoms with Gasteiger partial charge in [0.1, 0.15) is 12.7 Å². The lowest BCUT2D eigenvalue weighted by atomic mass is 9.98. The van der Waals surface area contributed by atoms with Crippen LogP contribution in [0.1, 0.15) is 35.1 Å². The van der Waals surface area contributed by atoms with Gasteiger partial charge in [-0.2, -0.15) is 0 Å². The summed E-state index contributed by atoms with van der Waals surface area (Å²) in [6, 6.07) is 19.8. The molecule has 0 bridgehead atoms. The number of halogens is 1. The number of fused-ring (bicyclic) bond motifs is 3. The monoisotopic (exact) mass is 482 g/mol. The van der Waals surface area contributed by atoms with Gasteiger partial charge >= 0.3 is 6.09 Å². The molecule has 1 aliphatic rings. The van der Waals surface area contributed by atoms with E-state index in [4.69, 9.17) is 16.3 Å². The summed E-state index contributed by atoms with van der Waals surface area (Å²) in [5.41, 5.74) is 4.01. The van der Waals surface area contributed by atoms with Crippen LogP contribution in [-0.4, -0.2) is 40.5 Å². The Morgan fingerprint density at radius 2 is 1.68 bits per heavy atom. The summed E-state index contributed by atoms with van der Waals surface area (Å²) in [7, 11) is 0. The van der Waals surface area contributed by atoms with E-state index >= 15 is 0 Å². The molecule has 9 heteroatoms. The molecule has 0 aliphatic heterocycles. The minimum Gasteiger partial charge on any atom is -0.449 e. The Bertz CT molecular complexity index is 1170. The zero-order chi connectivity index (χ0) is 24.2. The topological polar surface area (TPSA) is 122 Å². The van der Waals surface area contributed by atoms with Crippen molar-refractivity contribution in [2.24, 2.45) is 0 Å². The number of carbonyl (C=O) groups excluding carboxylic acids is 1. The zero-order valence-electron chi connectivity index (χ0n) is 18.1. The predicted molar refractivity (Wildman–Crippen MR) is 127 cm³/mol. The van der Waals surface area contributed by atoms with Gasteiger partial charge in [0.15, 0.2) is 0 Å². The van der Waals surface area contributed by atoms with Crippen molar-refractivity contribution in [3.63, 3.8) is 0 Å². The Morgan fingerprint density at radius 1 is 1.06 bits per heavy atom. The molecule has 8 nitrogen and oxygen atoms in total. The van der Waals surface area contributed by atoms with Crippen LogP contribution in [0.2, 0.25) is 5.02 Å². The van der Waals surface area contributed by atoms with Crippen molar-refractivity contribution in [3.8, 4) is 11.1 Å². The molecule has 0 heterocycles. The molecule has 176 valence electrons. The number of aliphatic hydroxyl groups excluding tert-OH is 2. The first-order chi connectivity index (χ1) is 16.4. The van der Waals surface area contributed by atoms with Crippen LogP contribution < -0.4 is 5.32 Å².